The molecule has 0 fully saturated rings. The van der Waals surface area contributed by atoms with Crippen molar-refractivity contribution >= 4 is 65.8 Å². The van der Waals surface area contributed by atoms with Crippen molar-refractivity contribution in [3.05, 3.63) is 428 Å². The molecule has 0 saturated carbocycles. The molecular weight excluding hydrogens is 1620 g/mol. The molecule has 0 amide bonds. The van der Waals surface area contributed by atoms with Gasteiger partial charge in [-0.05, 0) is 150 Å². The maximum atomic E-state index is 6.28. The Balaban J connectivity index is 0.000000110. The maximum Gasteiger partial charge on any atom is 0.164 e. The molecule has 0 N–H and O–H groups in total. The molecule has 6 heterocycles. The molecule has 12 nitrogen and oxygen atoms in total. The summed E-state index contributed by atoms with van der Waals surface area (Å²) in [6.07, 6.45) is 0. The van der Waals surface area contributed by atoms with Crippen molar-refractivity contribution in [3.8, 4) is 158 Å². The van der Waals surface area contributed by atoms with E-state index in [2.05, 4.69) is 272 Å². The minimum atomic E-state index is -0.217. The van der Waals surface area contributed by atoms with Gasteiger partial charge in [-0.25, -0.2) is 44.9 Å². The lowest BCUT2D eigenvalue weighted by molar-refractivity contribution is 0.656. The Morgan fingerprint density at radius 1 is 0.159 bits per heavy atom. The number of rotatable bonds is 11. The average molecular weight is 1700 g/mol. The van der Waals surface area contributed by atoms with Crippen molar-refractivity contribution in [1.29, 1.82) is 0 Å². The Hall–Kier alpha value is -16.8. The quantitative estimate of drug-likeness (QED) is 0.121. The molecule has 0 unspecified atom stereocenters. The number of furan rings is 3. The Kier molecular flexibility index (Phi) is 18.6. The average Bonchev–Trinajstić information content (AvgIpc) is 1.56. The lowest BCUT2D eigenvalue weighted by Gasteiger charge is -2.22. The third kappa shape index (κ3) is 13.3. The SMILES string of the molecule is CC1(C)c2cc(-c3nc(-c4ccccc4)nc(-c4cccc(-c5ccccc5)c4)n3)ccc2-c2c1ccc1oc3ccccc3c21.CC1(C)c2cc(-c3nc(-c4ccccc4)nc(-c4ccccc4)n3)ccc2-c2c1ccc1oc3ccccc3c21.CC1(C)c2cc(-c3nc(-c4ccccc4)nc(-c4ccccc4-c4ccccc4)n3)ccc2-c2c1ccc1oc3ccccc3c21. The van der Waals surface area contributed by atoms with Crippen LogP contribution in [0, 0.1) is 0 Å². The zero-order valence-corrected chi connectivity index (χ0v) is 73.3. The van der Waals surface area contributed by atoms with E-state index in [0.717, 1.165) is 122 Å². The van der Waals surface area contributed by atoms with Crippen LogP contribution in [0.2, 0.25) is 0 Å². The second-order valence-corrected chi connectivity index (χ2v) is 35.8. The highest BCUT2D eigenvalue weighted by molar-refractivity contribution is 6.18. The van der Waals surface area contributed by atoms with E-state index >= 15 is 0 Å². The molecule has 0 spiro atoms. The number of benzene rings is 17. The number of nitrogens with zero attached hydrogens (tertiary/aromatic N) is 9. The summed E-state index contributed by atoms with van der Waals surface area (Å²) in [6.45, 7) is 13.8. The third-order valence-corrected chi connectivity index (χ3v) is 26.8. The first kappa shape index (κ1) is 78.6. The molecule has 3 aliphatic rings. The van der Waals surface area contributed by atoms with Gasteiger partial charge >= 0.3 is 0 Å². The van der Waals surface area contributed by atoms with Crippen molar-refractivity contribution in [2.45, 2.75) is 57.8 Å². The van der Waals surface area contributed by atoms with Crippen LogP contribution in [0.3, 0.4) is 0 Å². The van der Waals surface area contributed by atoms with Gasteiger partial charge in [-0.2, -0.15) is 0 Å². The first-order valence-corrected chi connectivity index (χ1v) is 44.8. The van der Waals surface area contributed by atoms with Gasteiger partial charge in [-0.3, -0.25) is 0 Å². The van der Waals surface area contributed by atoms with Gasteiger partial charge in [0.15, 0.2) is 52.4 Å². The summed E-state index contributed by atoms with van der Waals surface area (Å²) in [5.41, 5.74) is 33.2. The van der Waals surface area contributed by atoms with Crippen LogP contribution < -0.4 is 0 Å². The van der Waals surface area contributed by atoms with Crippen molar-refractivity contribution in [2.75, 3.05) is 0 Å². The van der Waals surface area contributed by atoms with Crippen molar-refractivity contribution in [1.82, 2.24) is 44.9 Å². The Bertz CT molecular complexity index is 8480. The zero-order chi connectivity index (χ0) is 88.5. The summed E-state index contributed by atoms with van der Waals surface area (Å²) in [4.78, 5) is 45.2. The van der Waals surface area contributed by atoms with Gasteiger partial charge in [0.2, 0.25) is 0 Å². The fourth-order valence-electron chi connectivity index (χ4n) is 20.2. The molecule has 0 aliphatic heterocycles. The fraction of sp³-hybridized carbons (Fsp3) is 0.0750. The van der Waals surface area contributed by atoms with E-state index in [9.17, 15) is 0 Å². The van der Waals surface area contributed by atoms with Crippen LogP contribution in [0.5, 0.6) is 0 Å². The molecule has 626 valence electrons. The molecule has 3 aliphatic carbocycles. The summed E-state index contributed by atoms with van der Waals surface area (Å²) < 4.78 is 18.8. The highest BCUT2D eigenvalue weighted by atomic mass is 16.3. The lowest BCUT2D eigenvalue weighted by atomic mass is 9.81. The summed E-state index contributed by atoms with van der Waals surface area (Å²) >= 11 is 0. The van der Waals surface area contributed by atoms with Gasteiger partial charge in [-0.1, -0.05) is 375 Å². The molecule has 6 aromatic heterocycles. The second-order valence-electron chi connectivity index (χ2n) is 35.8. The van der Waals surface area contributed by atoms with E-state index in [1.54, 1.807) is 0 Å². The zero-order valence-electron chi connectivity index (χ0n) is 73.3. The van der Waals surface area contributed by atoms with E-state index in [-0.39, 0.29) is 16.2 Å². The smallest absolute Gasteiger partial charge is 0.164 e. The van der Waals surface area contributed by atoms with Gasteiger partial charge in [0.1, 0.15) is 33.5 Å². The number of aromatic nitrogens is 9. The molecule has 0 radical (unpaired) electrons. The summed E-state index contributed by atoms with van der Waals surface area (Å²) in [5, 5.41) is 6.99. The van der Waals surface area contributed by atoms with Gasteiger partial charge < -0.3 is 13.3 Å². The summed E-state index contributed by atoms with van der Waals surface area (Å²) in [5.74, 6) is 5.91. The van der Waals surface area contributed by atoms with E-state index in [1.165, 1.54) is 82.9 Å². The first-order valence-electron chi connectivity index (χ1n) is 44.8. The highest BCUT2D eigenvalue weighted by Crippen LogP contribution is 2.58. The van der Waals surface area contributed by atoms with Crippen molar-refractivity contribution in [3.63, 3.8) is 0 Å². The number of hydrogen-bond acceptors (Lipinski definition) is 12. The van der Waals surface area contributed by atoms with E-state index < -0.39 is 0 Å². The Labute approximate surface area is 762 Å². The Morgan fingerprint density at radius 2 is 0.409 bits per heavy atom. The molecule has 132 heavy (non-hydrogen) atoms. The van der Waals surface area contributed by atoms with Crippen LogP contribution in [0.4, 0.5) is 0 Å². The van der Waals surface area contributed by atoms with E-state index in [1.807, 2.05) is 164 Å². The van der Waals surface area contributed by atoms with Gasteiger partial charge in [0.25, 0.3) is 0 Å². The molecular formula is C120H83N9O3. The predicted molar refractivity (Wildman–Crippen MR) is 534 cm³/mol. The highest BCUT2D eigenvalue weighted by Gasteiger charge is 2.42. The fourth-order valence-corrected chi connectivity index (χ4v) is 20.2. The molecule has 12 heteroatoms. The van der Waals surface area contributed by atoms with Crippen LogP contribution in [-0.4, -0.2) is 44.9 Å². The normalized spacial score (nSPS) is 13.3. The van der Waals surface area contributed by atoms with Crippen molar-refractivity contribution < 1.29 is 13.3 Å². The first-order chi connectivity index (χ1) is 64.7. The van der Waals surface area contributed by atoms with Crippen LogP contribution in [0.15, 0.2) is 408 Å². The van der Waals surface area contributed by atoms with Crippen molar-refractivity contribution in [2.24, 2.45) is 0 Å². The third-order valence-electron chi connectivity index (χ3n) is 26.8. The van der Waals surface area contributed by atoms with Crippen LogP contribution in [0.25, 0.3) is 224 Å². The Morgan fingerprint density at radius 3 is 0.742 bits per heavy atom. The monoisotopic (exact) mass is 1700 g/mol. The second kappa shape index (κ2) is 31.3. The summed E-state index contributed by atoms with van der Waals surface area (Å²) in [6, 6.07) is 136. The molecule has 23 aromatic rings. The number of para-hydroxylation sites is 3. The maximum absolute atomic E-state index is 6.28. The van der Waals surface area contributed by atoms with E-state index in [0.29, 0.717) is 52.4 Å². The van der Waals surface area contributed by atoms with Crippen LogP contribution in [-0.2, 0) is 16.2 Å². The molecule has 0 bridgehead atoms. The summed E-state index contributed by atoms with van der Waals surface area (Å²) in [7, 11) is 0. The minimum absolute atomic E-state index is 0.190. The van der Waals surface area contributed by atoms with Gasteiger partial charge in [0.05, 0.1) is 0 Å². The van der Waals surface area contributed by atoms with Crippen LogP contribution >= 0.6 is 0 Å². The predicted octanol–water partition coefficient (Wildman–Crippen LogP) is 30.6. The number of hydrogen-bond donors (Lipinski definition) is 0. The largest absolute Gasteiger partial charge is 0.456 e. The molecule has 17 aromatic carbocycles. The topological polar surface area (TPSA) is 155 Å². The van der Waals surface area contributed by atoms with E-state index in [4.69, 9.17) is 58.1 Å². The van der Waals surface area contributed by atoms with Gasteiger partial charge in [-0.15, -0.1) is 0 Å². The molecule has 26 rings (SSSR count). The standard InChI is InChI=1S/2C42H29N3O.C36H25N3O/c1-42(2)33-23-24-36-38(32-19-11-12-20-35(32)46-36)37(33)31-22-21-28(25-34(31)42)40-43-39(27-15-7-4-8-16-27)44-41(45-40)30-18-10-9-17-29(30)26-13-5-3-6-14-26;1-42(2)33-22-23-36-38(32-18-9-10-19-35(32)46-36)37(33)31-21-20-30(25-34(31)42)41-44-39(27-14-7-4-8-15-27)43-40(45-41)29-17-11-16-28(24-29)26-12-5-3-6-13-26;1-36(2)27-19-20-30-32(26-15-9-10-16-29(26)40-30)31(27)25-18-17-24(21-28(25)36)35-38-33(22-11-5-3-6-12-22)37-34(39-35)23-13-7-4-8-14-23/h2*3-25H,1-2H3;3-21H,1-2H3. The number of fused-ring (bicyclic) bond motifs is 21. The van der Waals surface area contributed by atoms with Gasteiger partial charge in [0, 0.05) is 98.6 Å². The molecule has 0 atom stereocenters. The minimum Gasteiger partial charge on any atom is -0.456 e. The van der Waals surface area contributed by atoms with Crippen LogP contribution in [0.1, 0.15) is 74.9 Å². The molecule has 0 saturated heterocycles. The lowest BCUT2D eigenvalue weighted by Crippen LogP contribution is -2.15.